The molecule has 0 saturated heterocycles. The van der Waals surface area contributed by atoms with Crippen molar-refractivity contribution >= 4 is 11.9 Å². The van der Waals surface area contributed by atoms with Crippen LogP contribution in [-0.2, 0) is 9.59 Å². The van der Waals surface area contributed by atoms with E-state index in [-0.39, 0.29) is 0 Å². The third-order valence-electron chi connectivity index (χ3n) is 13.3. The predicted molar refractivity (Wildman–Crippen MR) is 306 cm³/mol. The topological polar surface area (TPSA) is 81.1 Å². The highest BCUT2D eigenvalue weighted by Crippen LogP contribution is 2.14. The van der Waals surface area contributed by atoms with Crippen molar-refractivity contribution in [2.75, 3.05) is 39.3 Å². The maximum Gasteiger partial charge on any atom is 0.327 e. The lowest BCUT2D eigenvalue weighted by atomic mass is 10.1. The van der Waals surface area contributed by atoms with E-state index < -0.39 is 11.9 Å². The second kappa shape index (κ2) is 69.9. The lowest BCUT2D eigenvalue weighted by Crippen LogP contribution is -2.27. The quantitative estimate of drug-likeness (QED) is 0.0467. The first kappa shape index (κ1) is 73.1. The highest BCUT2D eigenvalue weighted by molar-refractivity contribution is 5.79. The van der Waals surface area contributed by atoms with Crippen molar-refractivity contribution in [3.05, 3.63) is 12.2 Å². The molecule has 0 aromatic carbocycles. The molecule has 0 radical (unpaired) electrons. The molecule has 0 heterocycles. The van der Waals surface area contributed by atoms with E-state index >= 15 is 0 Å². The Morgan fingerprint density at radius 2 is 0.471 bits per heavy atom. The Balaban J connectivity index is -0.000000446. The van der Waals surface area contributed by atoms with E-state index in [9.17, 15) is 9.59 Å². The monoisotopic (exact) mass is 965 g/mol. The van der Waals surface area contributed by atoms with Crippen LogP contribution in [0.4, 0.5) is 0 Å². The summed E-state index contributed by atoms with van der Waals surface area (Å²) in [7, 11) is 0. The van der Waals surface area contributed by atoms with Gasteiger partial charge in [0.1, 0.15) is 0 Å². The lowest BCUT2D eigenvalue weighted by molar-refractivity contribution is -0.137. The normalized spacial score (nSPS) is 11.1. The van der Waals surface area contributed by atoms with Gasteiger partial charge in [0.25, 0.3) is 0 Å². The number of aliphatic carboxylic acids is 2. The summed E-state index contributed by atoms with van der Waals surface area (Å²) >= 11 is 0. The fourth-order valence-electron chi connectivity index (χ4n) is 8.74. The molecule has 68 heavy (non-hydrogen) atoms. The number of nitrogens with zero attached hydrogens (tertiary/aromatic N) is 2. The van der Waals surface area contributed by atoms with Crippen LogP contribution >= 0.6 is 0 Å². The van der Waals surface area contributed by atoms with Crippen molar-refractivity contribution in [2.45, 2.75) is 338 Å². The number of rotatable bonds is 51. The number of hydrogen-bond acceptors (Lipinski definition) is 4. The molecule has 0 amide bonds. The Bertz CT molecular complexity index is 802. The molecular formula is C62H128N2O4. The van der Waals surface area contributed by atoms with Crippen molar-refractivity contribution in [1.29, 1.82) is 0 Å². The van der Waals surface area contributed by atoms with Gasteiger partial charge in [-0.3, -0.25) is 4.79 Å². The largest absolute Gasteiger partial charge is 0.481 e. The molecule has 410 valence electrons. The number of carbonyl (C=O) groups is 2. The van der Waals surface area contributed by atoms with Crippen molar-refractivity contribution < 1.29 is 19.8 Å². The zero-order valence-electron chi connectivity index (χ0n) is 48.1. The summed E-state index contributed by atoms with van der Waals surface area (Å²) in [5, 5.41) is 16.2. The molecule has 0 unspecified atom stereocenters. The average Bonchev–Trinajstić information content (AvgIpc) is 3.32. The highest BCUT2D eigenvalue weighted by Gasteiger charge is 2.07. The van der Waals surface area contributed by atoms with Gasteiger partial charge in [-0.05, 0) is 91.1 Å². The van der Waals surface area contributed by atoms with Gasteiger partial charge in [0.2, 0.25) is 0 Å². The van der Waals surface area contributed by atoms with Gasteiger partial charge < -0.3 is 20.0 Å². The van der Waals surface area contributed by atoms with Gasteiger partial charge in [0.05, 0.1) is 0 Å². The molecule has 6 heteroatoms. The summed E-state index contributed by atoms with van der Waals surface area (Å²) in [5.41, 5.74) is 0. The maximum absolute atomic E-state index is 10.1. The second-order valence-corrected chi connectivity index (χ2v) is 20.4. The van der Waals surface area contributed by atoms with Crippen LogP contribution in [0.5, 0.6) is 0 Å². The summed E-state index contributed by atoms with van der Waals surface area (Å²) in [6, 6.07) is 0. The number of carboxylic acid groups (broad SMARTS) is 2. The van der Waals surface area contributed by atoms with E-state index in [0.717, 1.165) is 18.9 Å². The van der Waals surface area contributed by atoms with Crippen LogP contribution in [0, 0.1) is 0 Å². The molecule has 0 aliphatic heterocycles. The molecule has 0 fully saturated rings. The lowest BCUT2D eigenvalue weighted by Gasteiger charge is -2.22. The molecule has 0 aromatic rings. The first-order chi connectivity index (χ1) is 33.2. The standard InChI is InChI=1S/2C24H51N.C10H20O2.C4H6O2/c2*1-4-7-10-13-16-19-22-25(23-20-17-14-11-8-5-2)24-21-18-15-12-9-6-3;1-2-3-4-5-6-7-8-9-10(11)12;1-2-3-4(5)6/h2*4-24H2,1-3H3;2-9H2,1H3,(H,11,12);2-3H,1H3,(H,5,6)/b;;;3-2+. The van der Waals surface area contributed by atoms with Crippen molar-refractivity contribution in [3.8, 4) is 0 Å². The fraction of sp³-hybridized carbons (Fsp3) is 0.935. The number of hydrogen-bond donors (Lipinski definition) is 2. The molecule has 0 rings (SSSR count). The van der Waals surface area contributed by atoms with Crippen LogP contribution in [-0.4, -0.2) is 71.2 Å². The smallest absolute Gasteiger partial charge is 0.327 e. The predicted octanol–water partition coefficient (Wildman–Crippen LogP) is 20.6. The minimum atomic E-state index is -0.891. The minimum absolute atomic E-state index is 0.341. The molecule has 0 aliphatic carbocycles. The Morgan fingerprint density at radius 1 is 0.294 bits per heavy atom. The maximum atomic E-state index is 10.1. The van der Waals surface area contributed by atoms with E-state index in [1.807, 2.05) is 0 Å². The number of allylic oxidation sites excluding steroid dienone is 1. The van der Waals surface area contributed by atoms with E-state index in [1.54, 1.807) is 6.92 Å². The molecule has 0 atom stereocenters. The van der Waals surface area contributed by atoms with Crippen LogP contribution < -0.4 is 0 Å². The first-order valence-electron chi connectivity index (χ1n) is 30.8. The van der Waals surface area contributed by atoms with Crippen LogP contribution in [0.3, 0.4) is 0 Å². The number of unbranched alkanes of at least 4 members (excludes halogenated alkanes) is 36. The van der Waals surface area contributed by atoms with Crippen LogP contribution in [0.2, 0.25) is 0 Å². The van der Waals surface area contributed by atoms with Crippen molar-refractivity contribution in [2.24, 2.45) is 0 Å². The average molecular weight is 966 g/mol. The van der Waals surface area contributed by atoms with Crippen molar-refractivity contribution in [3.63, 3.8) is 0 Å². The summed E-state index contributed by atoms with van der Waals surface area (Å²) in [4.78, 5) is 25.2. The van der Waals surface area contributed by atoms with Crippen LogP contribution in [0.25, 0.3) is 0 Å². The Hall–Kier alpha value is -1.40. The Kier molecular flexibility index (Phi) is 75.1. The van der Waals surface area contributed by atoms with E-state index in [1.165, 1.54) is 309 Å². The van der Waals surface area contributed by atoms with Crippen molar-refractivity contribution in [1.82, 2.24) is 9.80 Å². The summed E-state index contributed by atoms with van der Waals surface area (Å²) < 4.78 is 0. The van der Waals surface area contributed by atoms with Gasteiger partial charge in [-0.25, -0.2) is 4.79 Å². The molecule has 6 nitrogen and oxygen atoms in total. The number of carboxylic acids is 2. The highest BCUT2D eigenvalue weighted by atomic mass is 16.4. The van der Waals surface area contributed by atoms with E-state index in [4.69, 9.17) is 10.2 Å². The van der Waals surface area contributed by atoms with E-state index in [2.05, 4.69) is 58.3 Å². The third-order valence-corrected chi connectivity index (χ3v) is 13.3. The zero-order valence-corrected chi connectivity index (χ0v) is 48.1. The third kappa shape index (κ3) is 76.1. The second-order valence-electron chi connectivity index (χ2n) is 20.4. The summed E-state index contributed by atoms with van der Waals surface area (Å²) in [6.45, 7) is 25.9. The zero-order chi connectivity index (χ0) is 51.1. The van der Waals surface area contributed by atoms with Gasteiger partial charge in [-0.15, -0.1) is 0 Å². The van der Waals surface area contributed by atoms with Crippen LogP contribution in [0.1, 0.15) is 338 Å². The summed E-state index contributed by atoms with van der Waals surface area (Å²) in [5.74, 6) is -1.55. The molecule has 0 aliphatic rings. The summed E-state index contributed by atoms with van der Waals surface area (Å²) in [6.07, 6.45) is 62.6. The van der Waals surface area contributed by atoms with Crippen LogP contribution in [0.15, 0.2) is 12.2 Å². The molecule has 0 aromatic heterocycles. The van der Waals surface area contributed by atoms with Gasteiger partial charge in [0, 0.05) is 12.5 Å². The van der Waals surface area contributed by atoms with Gasteiger partial charge in [-0.2, -0.15) is 0 Å². The van der Waals surface area contributed by atoms with E-state index in [0.29, 0.717) is 6.42 Å². The first-order valence-corrected chi connectivity index (χ1v) is 30.8. The molecule has 0 bridgehead atoms. The Morgan fingerprint density at radius 3 is 0.618 bits per heavy atom. The van der Waals surface area contributed by atoms with Gasteiger partial charge in [-0.1, -0.05) is 286 Å². The molecule has 0 saturated carbocycles. The molecule has 0 spiro atoms. The minimum Gasteiger partial charge on any atom is -0.481 e. The van der Waals surface area contributed by atoms with Gasteiger partial charge >= 0.3 is 11.9 Å². The molecular weight excluding hydrogens is 837 g/mol. The Labute approximate surface area is 429 Å². The SMILES string of the molecule is C/C=C/C(=O)O.CCCCCCCCCC(=O)O.CCCCCCCCN(CCCCCCCC)CCCCCCCC.CCCCCCCCN(CCCCCCCC)CCCCCCCC. The molecule has 2 N–H and O–H groups in total. The van der Waals surface area contributed by atoms with Gasteiger partial charge in [0.15, 0.2) is 0 Å². The fourth-order valence-corrected chi connectivity index (χ4v) is 8.74.